The number of H-pyrrole nitrogens is 1. The molecule has 4 aromatic rings. The summed E-state index contributed by atoms with van der Waals surface area (Å²) in [5.41, 5.74) is 2.78. The van der Waals surface area contributed by atoms with Crippen molar-refractivity contribution in [3.05, 3.63) is 70.0 Å². The molecule has 0 spiro atoms. The van der Waals surface area contributed by atoms with Gasteiger partial charge in [-0.15, -0.1) is 0 Å². The summed E-state index contributed by atoms with van der Waals surface area (Å²) in [7, 11) is 1.56. The molecule has 0 aliphatic rings. The Bertz CT molecular complexity index is 1230. The van der Waals surface area contributed by atoms with Crippen molar-refractivity contribution in [1.29, 1.82) is 0 Å². The second-order valence-corrected chi connectivity index (χ2v) is 6.20. The van der Waals surface area contributed by atoms with Crippen LogP contribution in [0.25, 0.3) is 16.8 Å². The lowest BCUT2D eigenvalue weighted by atomic mass is 10.1. The molecule has 8 heteroatoms. The third-order valence-corrected chi connectivity index (χ3v) is 4.29. The van der Waals surface area contributed by atoms with E-state index in [1.54, 1.807) is 32.4 Å². The lowest BCUT2D eigenvalue weighted by Crippen LogP contribution is -2.16. The zero-order valence-electron chi connectivity index (χ0n) is 15.1. The molecule has 1 N–H and O–H groups in total. The first-order chi connectivity index (χ1) is 13.0. The van der Waals surface area contributed by atoms with Crippen LogP contribution in [0.3, 0.4) is 0 Å². The maximum atomic E-state index is 12.7. The number of methoxy groups -OCH3 is 1. The van der Waals surface area contributed by atoms with Gasteiger partial charge >= 0.3 is 0 Å². The average molecular weight is 363 g/mol. The Labute approximate surface area is 154 Å². The second-order valence-electron chi connectivity index (χ2n) is 6.20. The van der Waals surface area contributed by atoms with Crippen molar-refractivity contribution in [1.82, 2.24) is 24.4 Å². The standard InChI is InChI=1S/C19H17N5O3/c1-11-8-12(2)24(21-11)19(26)14-9-16-18(25)20-15(10-23(16)22-14)13-6-4-5-7-17(13)27-3/h4-10H,1-3H3,(H,20,25). The van der Waals surface area contributed by atoms with E-state index >= 15 is 0 Å². The van der Waals surface area contributed by atoms with Crippen molar-refractivity contribution in [2.45, 2.75) is 13.8 Å². The Morgan fingerprint density at radius 2 is 1.93 bits per heavy atom. The number of nitrogens with one attached hydrogen (secondary N) is 1. The van der Waals surface area contributed by atoms with E-state index in [0.717, 1.165) is 11.3 Å². The largest absolute Gasteiger partial charge is 0.496 e. The molecular weight excluding hydrogens is 346 g/mol. The summed E-state index contributed by atoms with van der Waals surface area (Å²) >= 11 is 0. The van der Waals surface area contributed by atoms with Gasteiger partial charge in [0.25, 0.3) is 11.5 Å². The van der Waals surface area contributed by atoms with Crippen LogP contribution in [0.2, 0.25) is 0 Å². The van der Waals surface area contributed by atoms with Crippen molar-refractivity contribution in [2.75, 3.05) is 7.11 Å². The number of hydrogen-bond acceptors (Lipinski definition) is 5. The van der Waals surface area contributed by atoms with Gasteiger partial charge in [0.15, 0.2) is 5.69 Å². The summed E-state index contributed by atoms with van der Waals surface area (Å²) in [5, 5.41) is 8.47. The molecule has 0 amide bonds. The summed E-state index contributed by atoms with van der Waals surface area (Å²) in [4.78, 5) is 28.1. The van der Waals surface area contributed by atoms with Crippen LogP contribution in [0, 0.1) is 13.8 Å². The van der Waals surface area contributed by atoms with Crippen LogP contribution in [-0.2, 0) is 0 Å². The molecular formula is C19H17N5O3. The predicted molar refractivity (Wildman–Crippen MR) is 99.2 cm³/mol. The van der Waals surface area contributed by atoms with Crippen molar-refractivity contribution in [3.63, 3.8) is 0 Å². The Morgan fingerprint density at radius 3 is 2.63 bits per heavy atom. The number of rotatable bonds is 3. The lowest BCUT2D eigenvalue weighted by Gasteiger charge is -2.08. The molecule has 0 fully saturated rings. The van der Waals surface area contributed by atoms with Crippen molar-refractivity contribution in [3.8, 4) is 17.0 Å². The molecule has 27 heavy (non-hydrogen) atoms. The SMILES string of the molecule is COc1ccccc1-c1cn2nc(C(=O)n3nc(C)cc3C)cc2c(=O)[nH]1. The van der Waals surface area contributed by atoms with E-state index in [1.807, 2.05) is 25.1 Å². The summed E-state index contributed by atoms with van der Waals surface area (Å²) in [6.07, 6.45) is 1.66. The van der Waals surface area contributed by atoms with Crippen LogP contribution >= 0.6 is 0 Å². The van der Waals surface area contributed by atoms with Gasteiger partial charge in [-0.1, -0.05) is 12.1 Å². The number of para-hydroxylation sites is 1. The molecule has 0 aliphatic heterocycles. The molecule has 0 radical (unpaired) electrons. The van der Waals surface area contributed by atoms with Gasteiger partial charge in [-0.05, 0) is 32.0 Å². The van der Waals surface area contributed by atoms with Gasteiger partial charge in [0.05, 0.1) is 24.7 Å². The Kier molecular flexibility index (Phi) is 3.88. The molecule has 0 saturated carbocycles. The maximum absolute atomic E-state index is 12.7. The molecule has 0 aliphatic carbocycles. The monoisotopic (exact) mass is 363 g/mol. The van der Waals surface area contributed by atoms with E-state index in [4.69, 9.17) is 4.74 Å². The van der Waals surface area contributed by atoms with E-state index in [1.165, 1.54) is 15.3 Å². The number of carbonyl (C=O) groups is 1. The van der Waals surface area contributed by atoms with E-state index in [-0.39, 0.29) is 22.7 Å². The molecule has 1 aromatic carbocycles. The molecule has 136 valence electrons. The number of aromatic nitrogens is 5. The summed E-state index contributed by atoms with van der Waals surface area (Å²) < 4.78 is 8.04. The van der Waals surface area contributed by atoms with Crippen LogP contribution in [0.15, 0.2) is 47.4 Å². The van der Waals surface area contributed by atoms with Crippen molar-refractivity contribution in [2.24, 2.45) is 0 Å². The molecule has 0 atom stereocenters. The fraction of sp³-hybridized carbons (Fsp3) is 0.158. The van der Waals surface area contributed by atoms with Gasteiger partial charge in [-0.2, -0.15) is 14.9 Å². The highest BCUT2D eigenvalue weighted by Crippen LogP contribution is 2.27. The van der Waals surface area contributed by atoms with E-state index in [9.17, 15) is 9.59 Å². The third kappa shape index (κ3) is 2.80. The van der Waals surface area contributed by atoms with Crippen LogP contribution in [0.1, 0.15) is 21.9 Å². The topological polar surface area (TPSA) is 94.3 Å². The molecule has 3 heterocycles. The van der Waals surface area contributed by atoms with Gasteiger partial charge < -0.3 is 9.72 Å². The predicted octanol–water partition coefficient (Wildman–Crippen LogP) is 2.20. The van der Waals surface area contributed by atoms with Crippen LogP contribution in [0.5, 0.6) is 5.75 Å². The number of aromatic amines is 1. The highest BCUT2D eigenvalue weighted by molar-refractivity contribution is 5.95. The van der Waals surface area contributed by atoms with Gasteiger partial charge in [0.1, 0.15) is 11.3 Å². The highest BCUT2D eigenvalue weighted by atomic mass is 16.5. The minimum Gasteiger partial charge on any atom is -0.496 e. The number of benzene rings is 1. The Balaban J connectivity index is 1.84. The Hall–Kier alpha value is -3.68. The molecule has 3 aromatic heterocycles. The average Bonchev–Trinajstić information content (AvgIpc) is 3.24. The van der Waals surface area contributed by atoms with E-state index in [0.29, 0.717) is 17.1 Å². The second kappa shape index (κ2) is 6.24. The fourth-order valence-corrected chi connectivity index (χ4v) is 3.05. The molecule has 0 unspecified atom stereocenters. The number of aryl methyl sites for hydroxylation is 2. The first-order valence-electron chi connectivity index (χ1n) is 8.32. The first kappa shape index (κ1) is 16.8. The molecule has 0 saturated heterocycles. The van der Waals surface area contributed by atoms with Crippen LogP contribution in [-0.4, -0.2) is 37.4 Å². The number of hydrogen-bond donors (Lipinski definition) is 1. The van der Waals surface area contributed by atoms with Crippen LogP contribution in [0.4, 0.5) is 0 Å². The summed E-state index contributed by atoms with van der Waals surface area (Å²) in [5.74, 6) is 0.237. The smallest absolute Gasteiger partial charge is 0.298 e. The number of nitrogens with zero attached hydrogens (tertiary/aromatic N) is 4. The third-order valence-electron chi connectivity index (χ3n) is 4.29. The quantitative estimate of drug-likeness (QED) is 0.602. The molecule has 4 rings (SSSR count). The Morgan fingerprint density at radius 1 is 1.15 bits per heavy atom. The fourth-order valence-electron chi connectivity index (χ4n) is 3.05. The van der Waals surface area contributed by atoms with E-state index < -0.39 is 0 Å². The van der Waals surface area contributed by atoms with Gasteiger partial charge in [-0.3, -0.25) is 9.59 Å². The normalized spacial score (nSPS) is 11.1. The number of fused-ring (bicyclic) bond motifs is 1. The summed E-state index contributed by atoms with van der Waals surface area (Å²) in [6.45, 7) is 3.60. The molecule has 0 bridgehead atoms. The van der Waals surface area contributed by atoms with Crippen LogP contribution < -0.4 is 10.3 Å². The van der Waals surface area contributed by atoms with Crippen molar-refractivity contribution >= 4 is 11.4 Å². The number of carbonyl (C=O) groups excluding carboxylic acids is 1. The summed E-state index contributed by atoms with van der Waals surface area (Å²) in [6, 6.07) is 10.6. The minimum absolute atomic E-state index is 0.142. The van der Waals surface area contributed by atoms with Gasteiger partial charge in [-0.25, -0.2) is 4.52 Å². The molecule has 8 nitrogen and oxygen atoms in total. The van der Waals surface area contributed by atoms with Gasteiger partial charge in [0.2, 0.25) is 0 Å². The maximum Gasteiger partial charge on any atom is 0.298 e. The van der Waals surface area contributed by atoms with E-state index in [2.05, 4.69) is 15.2 Å². The zero-order chi connectivity index (χ0) is 19.1. The minimum atomic E-state index is -0.387. The number of ether oxygens (including phenoxy) is 1. The first-order valence-corrected chi connectivity index (χ1v) is 8.32. The lowest BCUT2D eigenvalue weighted by molar-refractivity contribution is 0.0937. The van der Waals surface area contributed by atoms with Gasteiger partial charge in [0, 0.05) is 17.3 Å². The highest BCUT2D eigenvalue weighted by Gasteiger charge is 2.18. The van der Waals surface area contributed by atoms with Crippen molar-refractivity contribution < 1.29 is 9.53 Å². The zero-order valence-corrected chi connectivity index (χ0v) is 15.1.